The summed E-state index contributed by atoms with van der Waals surface area (Å²) in [4.78, 5) is 51.2. The highest BCUT2D eigenvalue weighted by Crippen LogP contribution is 2.51. The molecule has 0 spiro atoms. The molecule has 0 aliphatic heterocycles. The Balaban J connectivity index is 1.03. The van der Waals surface area contributed by atoms with Crippen molar-refractivity contribution in [3.8, 4) is 11.5 Å². The predicted octanol–water partition coefficient (Wildman–Crippen LogP) is 16.7. The van der Waals surface area contributed by atoms with E-state index in [-0.39, 0.29) is 23.9 Å². The van der Waals surface area contributed by atoms with Crippen molar-refractivity contribution < 1.29 is 47.6 Å². The Morgan fingerprint density at radius 3 is 1.08 bits per heavy atom. The van der Waals surface area contributed by atoms with Gasteiger partial charge in [0.05, 0.1) is 37.6 Å². The molecular formula is C68H94O10. The average molecular weight is 1070 g/mol. The molecule has 3 aromatic rings. The van der Waals surface area contributed by atoms with Crippen molar-refractivity contribution in [2.75, 3.05) is 26.4 Å². The van der Waals surface area contributed by atoms with E-state index in [9.17, 15) is 19.2 Å². The molecule has 4 fully saturated rings. The number of esters is 4. The molecule has 0 aromatic heterocycles. The highest BCUT2D eigenvalue weighted by atomic mass is 16.6. The van der Waals surface area contributed by atoms with Crippen LogP contribution in [-0.2, 0) is 39.7 Å². The second-order valence-electron chi connectivity index (χ2n) is 23.5. The van der Waals surface area contributed by atoms with E-state index in [0.29, 0.717) is 60.9 Å². The molecule has 0 radical (unpaired) electrons. The standard InChI is InChI=1S/C68H94O10/c1-5-17-51-19-23-53(24-20-51)55-39-43-67(44-40-55,77-65(71)57-27-35-61(36-28-57)73-47-13-9-11-15-49-75-63(69)7-3)59-31-33-60(34-32-59)68(45-41-56(42-46-68)54-25-21-52(18-6-2)22-26-54)78-66(72)58-29-37-62(38-30-58)74-48-14-10-12-16-50-76-64(70)8-4/h7-8,27-38,51-56H,3-6,9-26,39-50H2,1-2H3. The lowest BCUT2D eigenvalue weighted by Gasteiger charge is -2.44. The van der Waals surface area contributed by atoms with Gasteiger partial charge < -0.3 is 28.4 Å². The van der Waals surface area contributed by atoms with Gasteiger partial charge in [-0.25, -0.2) is 19.2 Å². The van der Waals surface area contributed by atoms with Gasteiger partial charge in [-0.15, -0.1) is 0 Å². The van der Waals surface area contributed by atoms with Crippen LogP contribution in [0.1, 0.15) is 225 Å². The zero-order valence-corrected chi connectivity index (χ0v) is 47.7. The van der Waals surface area contributed by atoms with Gasteiger partial charge >= 0.3 is 23.9 Å². The summed E-state index contributed by atoms with van der Waals surface area (Å²) < 4.78 is 35.9. The molecule has 0 saturated heterocycles. The normalized spacial score (nSPS) is 25.2. The third-order valence-electron chi connectivity index (χ3n) is 18.3. The fourth-order valence-electron chi connectivity index (χ4n) is 13.7. The molecule has 78 heavy (non-hydrogen) atoms. The maximum Gasteiger partial charge on any atom is 0.339 e. The molecule has 10 nitrogen and oxygen atoms in total. The summed E-state index contributed by atoms with van der Waals surface area (Å²) in [7, 11) is 0. The Kier molecular flexibility index (Phi) is 24.3. The van der Waals surface area contributed by atoms with Crippen molar-refractivity contribution in [3.63, 3.8) is 0 Å². The Hall–Kier alpha value is -5.38. The molecule has 10 heteroatoms. The first kappa shape index (κ1) is 60.3. The smallest absolute Gasteiger partial charge is 0.339 e. The largest absolute Gasteiger partial charge is 0.494 e. The van der Waals surface area contributed by atoms with Crippen LogP contribution in [0, 0.1) is 35.5 Å². The van der Waals surface area contributed by atoms with Crippen LogP contribution in [0.5, 0.6) is 11.5 Å². The van der Waals surface area contributed by atoms with Crippen LogP contribution < -0.4 is 9.47 Å². The number of ether oxygens (including phenoxy) is 6. The van der Waals surface area contributed by atoms with Gasteiger partial charge in [-0.05, 0) is 224 Å². The van der Waals surface area contributed by atoms with Gasteiger partial charge in [-0.2, -0.15) is 0 Å². The SMILES string of the molecule is C=CC(=O)OCCCCCCOc1ccc(C(=O)OC2(c3ccc(C4(OC(=O)c5ccc(OCCCCCCOC(=O)C=C)cc5)CCC(C5CCC(CCC)CC5)CC4)cc3)CCC(C3CCC(CCC)CC3)CC2)cc1. The molecule has 426 valence electrons. The summed E-state index contributed by atoms with van der Waals surface area (Å²) in [6, 6.07) is 23.4. The maximum atomic E-state index is 14.3. The summed E-state index contributed by atoms with van der Waals surface area (Å²) >= 11 is 0. The monoisotopic (exact) mass is 1070 g/mol. The maximum absolute atomic E-state index is 14.3. The van der Waals surface area contributed by atoms with Gasteiger partial charge in [-0.3, -0.25) is 0 Å². The summed E-state index contributed by atoms with van der Waals surface area (Å²) in [6.07, 6.45) is 32.4. The second kappa shape index (κ2) is 31.4. The average Bonchev–Trinajstić information content (AvgIpc) is 3.59. The van der Waals surface area contributed by atoms with E-state index in [4.69, 9.17) is 28.4 Å². The number of benzene rings is 3. The van der Waals surface area contributed by atoms with Gasteiger partial charge in [0.2, 0.25) is 0 Å². The summed E-state index contributed by atoms with van der Waals surface area (Å²) in [5.41, 5.74) is 1.45. The van der Waals surface area contributed by atoms with Crippen LogP contribution in [0.25, 0.3) is 0 Å². The van der Waals surface area contributed by atoms with Crippen molar-refractivity contribution >= 4 is 23.9 Å². The van der Waals surface area contributed by atoms with Crippen LogP contribution in [0.4, 0.5) is 0 Å². The number of rotatable bonds is 30. The van der Waals surface area contributed by atoms with Gasteiger partial charge in [0.15, 0.2) is 0 Å². The van der Waals surface area contributed by atoms with Crippen LogP contribution >= 0.6 is 0 Å². The predicted molar refractivity (Wildman–Crippen MR) is 308 cm³/mol. The van der Waals surface area contributed by atoms with Crippen LogP contribution in [0.2, 0.25) is 0 Å². The summed E-state index contributed by atoms with van der Waals surface area (Å²) in [5.74, 6) is 4.43. The Labute approximate surface area is 468 Å². The minimum absolute atomic E-state index is 0.328. The van der Waals surface area contributed by atoms with E-state index >= 15 is 0 Å². The fraction of sp³-hybridized carbons (Fsp3) is 0.618. The summed E-state index contributed by atoms with van der Waals surface area (Å²) in [6.45, 7) is 13.4. The molecule has 4 saturated carbocycles. The highest BCUT2D eigenvalue weighted by molar-refractivity contribution is 5.90. The van der Waals surface area contributed by atoms with E-state index < -0.39 is 11.2 Å². The number of carbonyl (C=O) groups is 4. The van der Waals surface area contributed by atoms with E-state index in [0.717, 1.165) is 138 Å². The van der Waals surface area contributed by atoms with Crippen molar-refractivity contribution in [2.45, 2.75) is 205 Å². The molecule has 3 aromatic carbocycles. The first-order chi connectivity index (χ1) is 38.1. The quantitative estimate of drug-likeness (QED) is 0.0276. The zero-order valence-electron chi connectivity index (χ0n) is 47.7. The molecule has 0 amide bonds. The molecule has 0 heterocycles. The lowest BCUT2D eigenvalue weighted by atomic mass is 9.65. The van der Waals surface area contributed by atoms with E-state index in [1.54, 1.807) is 0 Å². The lowest BCUT2D eigenvalue weighted by molar-refractivity contribution is -0.138. The van der Waals surface area contributed by atoms with Gasteiger partial charge in [-0.1, -0.05) is 103 Å². The molecule has 0 unspecified atom stereocenters. The number of hydrogen-bond acceptors (Lipinski definition) is 10. The third kappa shape index (κ3) is 17.8. The number of carbonyl (C=O) groups excluding carboxylic acids is 4. The molecule has 0 atom stereocenters. The van der Waals surface area contributed by atoms with Gasteiger partial charge in [0.1, 0.15) is 22.7 Å². The molecular weight excluding hydrogens is 977 g/mol. The van der Waals surface area contributed by atoms with Crippen molar-refractivity contribution in [3.05, 3.63) is 120 Å². The number of unbranched alkanes of at least 4 members (excludes halogenated alkanes) is 6. The van der Waals surface area contributed by atoms with Crippen molar-refractivity contribution in [1.82, 2.24) is 0 Å². The molecule has 7 rings (SSSR count). The Morgan fingerprint density at radius 1 is 0.436 bits per heavy atom. The molecule has 4 aliphatic rings. The highest BCUT2D eigenvalue weighted by Gasteiger charge is 2.46. The minimum Gasteiger partial charge on any atom is -0.494 e. The second-order valence-corrected chi connectivity index (χ2v) is 23.5. The first-order valence-electron chi connectivity index (χ1n) is 30.7. The van der Waals surface area contributed by atoms with Crippen molar-refractivity contribution in [2.24, 2.45) is 35.5 Å². The Morgan fingerprint density at radius 2 is 0.756 bits per heavy atom. The third-order valence-corrected chi connectivity index (χ3v) is 18.3. The topological polar surface area (TPSA) is 124 Å². The lowest BCUT2D eigenvalue weighted by Crippen LogP contribution is -2.40. The van der Waals surface area contributed by atoms with Gasteiger partial charge in [0.25, 0.3) is 0 Å². The van der Waals surface area contributed by atoms with E-state index in [1.165, 1.54) is 89.2 Å². The Bertz CT molecular complexity index is 2120. The molecule has 0 N–H and O–H groups in total. The summed E-state index contributed by atoms with van der Waals surface area (Å²) in [5, 5.41) is 0. The molecule has 4 aliphatic carbocycles. The van der Waals surface area contributed by atoms with Crippen LogP contribution in [0.3, 0.4) is 0 Å². The van der Waals surface area contributed by atoms with E-state index in [2.05, 4.69) is 51.3 Å². The van der Waals surface area contributed by atoms with Crippen LogP contribution in [-0.4, -0.2) is 50.3 Å². The van der Waals surface area contributed by atoms with Crippen LogP contribution in [0.15, 0.2) is 98.1 Å². The minimum atomic E-state index is -0.783. The zero-order chi connectivity index (χ0) is 55.0. The van der Waals surface area contributed by atoms with E-state index in [1.807, 2.05) is 48.5 Å². The fourth-order valence-corrected chi connectivity index (χ4v) is 13.7. The van der Waals surface area contributed by atoms with Gasteiger partial charge in [0, 0.05) is 12.2 Å². The number of hydrogen-bond donors (Lipinski definition) is 0. The first-order valence-corrected chi connectivity index (χ1v) is 30.7. The molecule has 0 bridgehead atoms. The van der Waals surface area contributed by atoms with Crippen molar-refractivity contribution in [1.29, 1.82) is 0 Å².